The molecule has 0 amide bonds. The smallest absolute Gasteiger partial charge is 0.0840 e. The van der Waals surface area contributed by atoms with E-state index in [-0.39, 0.29) is 0 Å². The summed E-state index contributed by atoms with van der Waals surface area (Å²) in [6, 6.07) is 0. The van der Waals surface area contributed by atoms with E-state index in [2.05, 4.69) is 62.6 Å². The topological polar surface area (TPSA) is 35.6 Å². The molecule has 0 bridgehead atoms. The lowest BCUT2D eigenvalue weighted by molar-refractivity contribution is 0.572. The number of rotatable bonds is 4. The zero-order chi connectivity index (χ0) is 12.4. The van der Waals surface area contributed by atoms with Gasteiger partial charge in [0, 0.05) is 12.7 Å². The zero-order valence-electron chi connectivity index (χ0n) is 9.82. The summed E-state index contributed by atoms with van der Waals surface area (Å²) in [6.45, 7) is 5.86. The fourth-order valence-electron chi connectivity index (χ4n) is 1.75. The molecule has 6 heteroatoms. The van der Waals surface area contributed by atoms with E-state index in [1.165, 1.54) is 5.69 Å². The molecule has 0 radical (unpaired) electrons. The number of halogens is 2. The van der Waals surface area contributed by atoms with Gasteiger partial charge in [-0.25, -0.2) is 0 Å². The van der Waals surface area contributed by atoms with Crippen molar-refractivity contribution in [2.75, 3.05) is 0 Å². The molecule has 0 spiro atoms. The molecule has 0 saturated carbocycles. The van der Waals surface area contributed by atoms with E-state index in [0.717, 1.165) is 33.2 Å². The molecule has 2 rings (SSSR count). The Morgan fingerprint density at radius 1 is 1.41 bits per heavy atom. The highest BCUT2D eigenvalue weighted by molar-refractivity contribution is 14.1. The first kappa shape index (κ1) is 13.1. The third-order valence-electron chi connectivity index (χ3n) is 2.61. The molecular weight excluding hydrogens is 395 g/mol. The van der Waals surface area contributed by atoms with E-state index < -0.39 is 0 Å². The molecule has 92 valence electrons. The lowest BCUT2D eigenvalue weighted by Crippen LogP contribution is -2.08. The summed E-state index contributed by atoms with van der Waals surface area (Å²) in [4.78, 5) is 0. The van der Waals surface area contributed by atoms with E-state index in [1.54, 1.807) is 0 Å². The summed E-state index contributed by atoms with van der Waals surface area (Å²) in [6.07, 6.45) is 4.84. The van der Waals surface area contributed by atoms with E-state index in [0.29, 0.717) is 0 Å². The molecule has 0 aromatic carbocycles. The minimum absolute atomic E-state index is 0.754. The van der Waals surface area contributed by atoms with Crippen LogP contribution in [0.4, 0.5) is 0 Å². The zero-order valence-corrected chi connectivity index (χ0v) is 13.6. The van der Waals surface area contributed by atoms with Crippen LogP contribution in [0, 0.1) is 3.57 Å². The molecule has 0 fully saturated rings. The third-order valence-corrected chi connectivity index (χ3v) is 4.08. The Balaban J connectivity index is 2.34. The van der Waals surface area contributed by atoms with Crippen molar-refractivity contribution in [1.29, 1.82) is 0 Å². The Hall–Kier alpha value is -0.370. The first-order valence-electron chi connectivity index (χ1n) is 5.57. The van der Waals surface area contributed by atoms with Gasteiger partial charge >= 0.3 is 0 Å². The SMILES string of the molecule is CCc1nn(CC)c(Cn2cc(I)cn2)c1Br. The molecular formula is C11H14BrIN4. The first-order valence-corrected chi connectivity index (χ1v) is 7.44. The molecule has 17 heavy (non-hydrogen) atoms. The van der Waals surface area contributed by atoms with Gasteiger partial charge in [-0.15, -0.1) is 0 Å². The van der Waals surface area contributed by atoms with Crippen molar-refractivity contribution in [3.63, 3.8) is 0 Å². The van der Waals surface area contributed by atoms with Crippen molar-refractivity contribution < 1.29 is 0 Å². The van der Waals surface area contributed by atoms with Crippen molar-refractivity contribution in [1.82, 2.24) is 19.6 Å². The van der Waals surface area contributed by atoms with Crippen LogP contribution in [0.5, 0.6) is 0 Å². The molecule has 0 unspecified atom stereocenters. The molecule has 4 nitrogen and oxygen atoms in total. The number of aryl methyl sites for hydroxylation is 2. The van der Waals surface area contributed by atoms with Crippen LogP contribution in [0.2, 0.25) is 0 Å². The Bertz CT molecular complexity index is 518. The van der Waals surface area contributed by atoms with Crippen molar-refractivity contribution in [2.45, 2.75) is 33.4 Å². The predicted octanol–water partition coefficient (Wildman–Crippen LogP) is 3.08. The van der Waals surface area contributed by atoms with Gasteiger partial charge in [0.15, 0.2) is 0 Å². The van der Waals surface area contributed by atoms with Crippen LogP contribution in [-0.2, 0) is 19.5 Å². The molecule has 0 aliphatic carbocycles. The molecule has 2 heterocycles. The summed E-state index contributed by atoms with van der Waals surface area (Å²) < 4.78 is 6.25. The van der Waals surface area contributed by atoms with Gasteiger partial charge < -0.3 is 0 Å². The Labute approximate surface area is 123 Å². The van der Waals surface area contributed by atoms with Crippen LogP contribution in [0.1, 0.15) is 25.2 Å². The highest BCUT2D eigenvalue weighted by Gasteiger charge is 2.14. The number of nitrogens with zero attached hydrogens (tertiary/aromatic N) is 4. The van der Waals surface area contributed by atoms with E-state index in [9.17, 15) is 0 Å². The summed E-state index contributed by atoms with van der Waals surface area (Å²) in [7, 11) is 0. The van der Waals surface area contributed by atoms with Gasteiger partial charge in [0.25, 0.3) is 0 Å². The van der Waals surface area contributed by atoms with Gasteiger partial charge in [0.2, 0.25) is 0 Å². The fourth-order valence-corrected chi connectivity index (χ4v) is 2.88. The molecule has 0 N–H and O–H groups in total. The van der Waals surface area contributed by atoms with Crippen LogP contribution in [0.25, 0.3) is 0 Å². The third kappa shape index (κ3) is 2.73. The maximum absolute atomic E-state index is 4.58. The molecule has 2 aromatic heterocycles. The van der Waals surface area contributed by atoms with E-state index >= 15 is 0 Å². The Morgan fingerprint density at radius 2 is 2.18 bits per heavy atom. The van der Waals surface area contributed by atoms with Crippen LogP contribution >= 0.6 is 38.5 Å². The molecule has 0 atom stereocenters. The first-order chi connectivity index (χ1) is 8.15. The lowest BCUT2D eigenvalue weighted by Gasteiger charge is -2.05. The van der Waals surface area contributed by atoms with E-state index in [4.69, 9.17) is 0 Å². The summed E-state index contributed by atoms with van der Waals surface area (Å²) in [5.41, 5.74) is 2.30. The summed E-state index contributed by atoms with van der Waals surface area (Å²) in [5, 5.41) is 8.89. The Kier molecular flexibility index (Phi) is 4.24. The van der Waals surface area contributed by atoms with Crippen molar-refractivity contribution in [3.05, 3.63) is 31.8 Å². The van der Waals surface area contributed by atoms with Crippen LogP contribution in [-0.4, -0.2) is 19.6 Å². The standard InChI is InChI=1S/C11H14BrIN4/c1-3-9-11(12)10(17(4-2)15-9)7-16-6-8(13)5-14-16/h5-6H,3-4,7H2,1-2H3. The molecule has 0 aliphatic heterocycles. The number of hydrogen-bond donors (Lipinski definition) is 0. The second-order valence-electron chi connectivity index (χ2n) is 3.73. The summed E-state index contributed by atoms with van der Waals surface area (Å²) in [5.74, 6) is 0. The maximum atomic E-state index is 4.58. The fraction of sp³-hybridized carbons (Fsp3) is 0.455. The highest BCUT2D eigenvalue weighted by atomic mass is 127. The van der Waals surface area contributed by atoms with Gasteiger partial charge in [0.1, 0.15) is 0 Å². The average molecular weight is 409 g/mol. The molecule has 0 saturated heterocycles. The summed E-state index contributed by atoms with van der Waals surface area (Å²) >= 11 is 5.91. The van der Waals surface area contributed by atoms with E-state index in [1.807, 2.05) is 21.8 Å². The highest BCUT2D eigenvalue weighted by Crippen LogP contribution is 2.23. The van der Waals surface area contributed by atoms with Crippen LogP contribution < -0.4 is 0 Å². The van der Waals surface area contributed by atoms with Crippen LogP contribution in [0.15, 0.2) is 16.9 Å². The lowest BCUT2D eigenvalue weighted by atomic mass is 10.3. The number of aromatic nitrogens is 4. The molecule has 2 aromatic rings. The largest absolute Gasteiger partial charge is 0.267 e. The van der Waals surface area contributed by atoms with Gasteiger partial charge in [0.05, 0.1) is 32.2 Å². The Morgan fingerprint density at radius 3 is 2.71 bits per heavy atom. The predicted molar refractivity (Wildman–Crippen MR) is 79.0 cm³/mol. The molecule has 0 aliphatic rings. The normalized spacial score (nSPS) is 11.1. The minimum atomic E-state index is 0.754. The van der Waals surface area contributed by atoms with Crippen molar-refractivity contribution in [3.8, 4) is 0 Å². The van der Waals surface area contributed by atoms with Gasteiger partial charge in [-0.05, 0) is 51.9 Å². The van der Waals surface area contributed by atoms with Gasteiger partial charge in [-0.2, -0.15) is 10.2 Å². The monoisotopic (exact) mass is 408 g/mol. The second-order valence-corrected chi connectivity index (χ2v) is 5.77. The average Bonchev–Trinajstić information content (AvgIpc) is 2.85. The second kappa shape index (κ2) is 5.51. The number of hydrogen-bond acceptors (Lipinski definition) is 2. The van der Waals surface area contributed by atoms with Crippen LogP contribution in [0.3, 0.4) is 0 Å². The minimum Gasteiger partial charge on any atom is -0.267 e. The van der Waals surface area contributed by atoms with Gasteiger partial charge in [-0.3, -0.25) is 9.36 Å². The quantitative estimate of drug-likeness (QED) is 0.729. The van der Waals surface area contributed by atoms with Crippen molar-refractivity contribution >= 4 is 38.5 Å². The van der Waals surface area contributed by atoms with Crippen molar-refractivity contribution in [2.24, 2.45) is 0 Å². The maximum Gasteiger partial charge on any atom is 0.0840 e. The van der Waals surface area contributed by atoms with Gasteiger partial charge in [-0.1, -0.05) is 6.92 Å².